The maximum atomic E-state index is 12.8. The molecule has 2 aromatic rings. The molecule has 1 aliphatic heterocycles. The molecule has 0 spiro atoms. The molecule has 29 heavy (non-hydrogen) atoms. The van der Waals surface area contributed by atoms with Gasteiger partial charge in [0, 0.05) is 19.0 Å². The van der Waals surface area contributed by atoms with Crippen LogP contribution in [-0.4, -0.2) is 38.6 Å². The van der Waals surface area contributed by atoms with Crippen LogP contribution in [0.4, 0.5) is 17.1 Å². The Morgan fingerprint density at radius 3 is 2.59 bits per heavy atom. The molecule has 1 atom stereocenters. The van der Waals surface area contributed by atoms with Gasteiger partial charge in [0.1, 0.15) is 10.9 Å². The Hall–Kier alpha value is -3.20. The molecule has 1 heterocycles. The van der Waals surface area contributed by atoms with Crippen LogP contribution in [0.1, 0.15) is 19.8 Å². The monoisotopic (exact) mass is 412 g/mol. The fourth-order valence-electron chi connectivity index (χ4n) is 2.88. The highest BCUT2D eigenvalue weighted by Gasteiger charge is 2.38. The van der Waals surface area contributed by atoms with Crippen LogP contribution in [0.5, 0.6) is 0 Å². The minimum Gasteiger partial charge on any atom is -0.320 e. The molecule has 150 valence electrons. The van der Waals surface area contributed by atoms with Gasteiger partial charge in [0.05, 0.1) is 10.6 Å². The van der Waals surface area contributed by atoms with Crippen molar-refractivity contribution < 1.29 is 14.5 Å². The van der Waals surface area contributed by atoms with Gasteiger partial charge in [-0.2, -0.15) is 0 Å². The van der Waals surface area contributed by atoms with Crippen LogP contribution in [0.25, 0.3) is 0 Å². The van der Waals surface area contributed by atoms with Gasteiger partial charge in [0.15, 0.2) is 5.17 Å². The molecule has 0 bridgehead atoms. The predicted octanol–water partition coefficient (Wildman–Crippen LogP) is 3.97. The summed E-state index contributed by atoms with van der Waals surface area (Å²) in [5.41, 5.74) is 0.653. The van der Waals surface area contributed by atoms with E-state index in [1.54, 1.807) is 11.0 Å². The predicted molar refractivity (Wildman–Crippen MR) is 113 cm³/mol. The molecule has 0 aliphatic carbocycles. The summed E-state index contributed by atoms with van der Waals surface area (Å²) in [6.45, 7) is 2.48. The fraction of sp³-hybridized carbons (Fsp3) is 0.250. The van der Waals surface area contributed by atoms with Crippen LogP contribution in [0, 0.1) is 10.1 Å². The van der Waals surface area contributed by atoms with E-state index in [1.807, 2.05) is 37.3 Å². The second kappa shape index (κ2) is 9.33. The van der Waals surface area contributed by atoms with Crippen LogP contribution in [-0.2, 0) is 9.59 Å². The summed E-state index contributed by atoms with van der Waals surface area (Å²) in [7, 11) is 0. The lowest BCUT2D eigenvalue weighted by atomic mass is 10.2. The van der Waals surface area contributed by atoms with Crippen molar-refractivity contribution in [2.45, 2.75) is 25.0 Å². The van der Waals surface area contributed by atoms with Crippen LogP contribution in [0.2, 0.25) is 0 Å². The highest BCUT2D eigenvalue weighted by Crippen LogP contribution is 2.32. The zero-order valence-corrected chi connectivity index (χ0v) is 16.6. The average molecular weight is 412 g/mol. The van der Waals surface area contributed by atoms with Gasteiger partial charge in [0.25, 0.3) is 5.69 Å². The van der Waals surface area contributed by atoms with Crippen LogP contribution >= 0.6 is 11.8 Å². The number of nitro groups is 1. The Kier molecular flexibility index (Phi) is 6.61. The quantitative estimate of drug-likeness (QED) is 0.547. The molecular weight excluding hydrogens is 392 g/mol. The number of benzene rings is 2. The molecule has 1 saturated heterocycles. The number of carbonyl (C=O) groups excluding carboxylic acids is 2. The maximum absolute atomic E-state index is 12.8. The molecule has 0 aromatic heterocycles. The van der Waals surface area contributed by atoms with Crippen LogP contribution in [0.3, 0.4) is 0 Å². The van der Waals surface area contributed by atoms with Crippen molar-refractivity contribution in [3.05, 3.63) is 64.7 Å². The molecule has 9 heteroatoms. The number of para-hydroxylation sites is 3. The number of rotatable bonds is 7. The second-order valence-electron chi connectivity index (χ2n) is 6.35. The summed E-state index contributed by atoms with van der Waals surface area (Å²) in [5.74, 6) is -0.633. The number of aliphatic imine (C=N–C) groups is 1. The Morgan fingerprint density at radius 1 is 1.21 bits per heavy atom. The molecule has 2 amide bonds. The number of nitro benzene ring substituents is 1. The minimum absolute atomic E-state index is 0.0937. The van der Waals surface area contributed by atoms with Crippen LogP contribution < -0.4 is 5.32 Å². The first-order valence-corrected chi connectivity index (χ1v) is 10.0. The lowest BCUT2D eigenvalue weighted by molar-refractivity contribution is -0.383. The normalized spacial score (nSPS) is 17.6. The topological polar surface area (TPSA) is 105 Å². The number of carbonyl (C=O) groups is 2. The highest BCUT2D eigenvalue weighted by molar-refractivity contribution is 8.15. The number of anilines is 1. The van der Waals surface area contributed by atoms with E-state index in [4.69, 9.17) is 0 Å². The number of hydrogen-bond acceptors (Lipinski definition) is 6. The Bertz CT molecular complexity index is 949. The van der Waals surface area contributed by atoms with E-state index in [0.29, 0.717) is 11.7 Å². The first-order valence-electron chi connectivity index (χ1n) is 9.14. The average Bonchev–Trinajstić information content (AvgIpc) is 2.98. The van der Waals surface area contributed by atoms with Gasteiger partial charge in [-0.3, -0.25) is 24.6 Å². The third-order valence-corrected chi connectivity index (χ3v) is 5.37. The number of nitrogens with zero attached hydrogens (tertiary/aromatic N) is 3. The minimum atomic E-state index is -0.619. The number of thioether (sulfide) groups is 1. The molecule has 2 aromatic carbocycles. The molecule has 8 nitrogen and oxygen atoms in total. The van der Waals surface area contributed by atoms with Gasteiger partial charge >= 0.3 is 0 Å². The first kappa shape index (κ1) is 20.5. The van der Waals surface area contributed by atoms with Gasteiger partial charge in [-0.05, 0) is 24.6 Å². The van der Waals surface area contributed by atoms with E-state index >= 15 is 0 Å². The van der Waals surface area contributed by atoms with Crippen LogP contribution in [0.15, 0.2) is 59.6 Å². The summed E-state index contributed by atoms with van der Waals surface area (Å²) < 4.78 is 0. The number of nitrogens with one attached hydrogen (secondary N) is 1. The van der Waals surface area contributed by atoms with Crippen molar-refractivity contribution >= 4 is 45.8 Å². The zero-order valence-electron chi connectivity index (χ0n) is 15.8. The van der Waals surface area contributed by atoms with Gasteiger partial charge < -0.3 is 5.32 Å². The summed E-state index contributed by atoms with van der Waals surface area (Å²) in [6, 6.07) is 15.2. The summed E-state index contributed by atoms with van der Waals surface area (Å²) in [4.78, 5) is 42.0. The van der Waals surface area contributed by atoms with Crippen molar-refractivity contribution in [3.8, 4) is 0 Å². The van der Waals surface area contributed by atoms with E-state index < -0.39 is 16.1 Å². The summed E-state index contributed by atoms with van der Waals surface area (Å²) in [5, 5.41) is 13.6. The van der Waals surface area contributed by atoms with Gasteiger partial charge in [0.2, 0.25) is 11.8 Å². The van der Waals surface area contributed by atoms with E-state index in [0.717, 1.165) is 12.1 Å². The van der Waals surface area contributed by atoms with Gasteiger partial charge in [-0.15, -0.1) is 0 Å². The van der Waals surface area contributed by atoms with Crippen molar-refractivity contribution in [1.82, 2.24) is 4.90 Å². The largest absolute Gasteiger partial charge is 0.320 e. The van der Waals surface area contributed by atoms with Crippen molar-refractivity contribution in [3.63, 3.8) is 0 Å². The molecule has 1 fully saturated rings. The lowest BCUT2D eigenvalue weighted by Crippen LogP contribution is -2.34. The van der Waals surface area contributed by atoms with E-state index in [1.165, 1.54) is 30.0 Å². The number of hydrogen-bond donors (Lipinski definition) is 1. The molecule has 0 radical (unpaired) electrons. The Morgan fingerprint density at radius 2 is 1.90 bits per heavy atom. The third-order valence-electron chi connectivity index (χ3n) is 4.19. The molecule has 1 aliphatic rings. The first-order chi connectivity index (χ1) is 14.0. The number of amidine groups is 1. The van der Waals surface area contributed by atoms with Gasteiger partial charge in [-0.25, -0.2) is 4.99 Å². The molecule has 0 unspecified atom stereocenters. The van der Waals surface area contributed by atoms with Crippen molar-refractivity contribution in [2.24, 2.45) is 4.99 Å². The smallest absolute Gasteiger partial charge is 0.292 e. The summed E-state index contributed by atoms with van der Waals surface area (Å²) in [6.07, 6.45) is 0.665. The Balaban J connectivity index is 1.74. The Labute approximate surface area is 172 Å². The van der Waals surface area contributed by atoms with E-state index in [2.05, 4.69) is 10.3 Å². The lowest BCUT2D eigenvalue weighted by Gasteiger charge is -2.15. The van der Waals surface area contributed by atoms with Crippen molar-refractivity contribution in [2.75, 3.05) is 11.9 Å². The maximum Gasteiger partial charge on any atom is 0.292 e. The molecule has 3 rings (SSSR count). The van der Waals surface area contributed by atoms with E-state index in [9.17, 15) is 19.7 Å². The second-order valence-corrected chi connectivity index (χ2v) is 7.52. The molecule has 0 saturated carbocycles. The molecular formula is C20H20N4O4S. The standard InChI is InChI=1S/C20H20N4O4S/c1-2-12-23-19(26)17(29-20(23)21-14-8-4-3-5-9-14)13-18(25)22-15-10-6-7-11-16(15)24(27)28/h3-11,17H,2,12-13H2,1H3,(H,22,25)/t17-/m1/s1. The zero-order chi connectivity index (χ0) is 20.8. The van der Waals surface area contributed by atoms with E-state index in [-0.39, 0.29) is 23.7 Å². The molecule has 1 N–H and O–H groups in total. The van der Waals surface area contributed by atoms with Crippen molar-refractivity contribution in [1.29, 1.82) is 0 Å². The van der Waals surface area contributed by atoms with Gasteiger partial charge in [-0.1, -0.05) is 49.0 Å². The third kappa shape index (κ3) is 5.00. The highest BCUT2D eigenvalue weighted by atomic mass is 32.2. The number of amides is 2. The SMILES string of the molecule is CCCN1C(=O)[C@@H](CC(=O)Nc2ccccc2[N+](=O)[O-])SC1=Nc1ccccc1. The summed E-state index contributed by atoms with van der Waals surface area (Å²) >= 11 is 1.24. The fourth-order valence-corrected chi connectivity index (χ4v) is 4.06.